The maximum atomic E-state index is 12.1. The van der Waals surface area contributed by atoms with E-state index < -0.39 is 0 Å². The van der Waals surface area contributed by atoms with Gasteiger partial charge in [-0.2, -0.15) is 9.61 Å². The lowest BCUT2D eigenvalue weighted by Gasteiger charge is -2.26. The van der Waals surface area contributed by atoms with Gasteiger partial charge in [-0.25, -0.2) is 0 Å². The molecule has 1 amide bonds. The highest BCUT2D eigenvalue weighted by Gasteiger charge is 2.17. The SMILES string of the molecule is O=C(CCc1nnc2ccc(Cl)nn12)N1CCOCC1. The quantitative estimate of drug-likeness (QED) is 0.828. The molecule has 0 radical (unpaired) electrons. The number of rotatable bonds is 3. The molecular weight excluding hydrogens is 282 g/mol. The molecule has 1 aliphatic rings. The molecule has 0 aromatic carbocycles. The van der Waals surface area contributed by atoms with Gasteiger partial charge in [-0.05, 0) is 12.1 Å². The summed E-state index contributed by atoms with van der Waals surface area (Å²) in [7, 11) is 0. The highest BCUT2D eigenvalue weighted by atomic mass is 35.5. The number of aromatic nitrogens is 4. The standard InChI is InChI=1S/C12H14ClN5O2/c13-9-1-2-10-14-15-11(18(10)16-9)3-4-12(19)17-5-7-20-8-6-17/h1-2H,3-8H2. The molecule has 0 bridgehead atoms. The number of hydrogen-bond donors (Lipinski definition) is 0. The van der Waals surface area contributed by atoms with Crippen molar-refractivity contribution in [3.63, 3.8) is 0 Å². The molecule has 2 aromatic heterocycles. The number of amides is 1. The Balaban J connectivity index is 1.67. The molecule has 20 heavy (non-hydrogen) atoms. The van der Waals surface area contributed by atoms with E-state index in [2.05, 4.69) is 15.3 Å². The zero-order valence-electron chi connectivity index (χ0n) is 10.8. The molecule has 0 unspecified atom stereocenters. The number of aryl methyl sites for hydroxylation is 1. The van der Waals surface area contributed by atoms with Crippen LogP contribution in [0.4, 0.5) is 0 Å². The third kappa shape index (κ3) is 2.73. The highest BCUT2D eigenvalue weighted by molar-refractivity contribution is 6.29. The van der Waals surface area contributed by atoms with E-state index in [4.69, 9.17) is 16.3 Å². The number of morpholine rings is 1. The van der Waals surface area contributed by atoms with E-state index in [1.807, 2.05) is 4.90 Å². The minimum atomic E-state index is 0.104. The first-order chi connectivity index (χ1) is 9.74. The average molecular weight is 296 g/mol. The Labute approximate surface area is 120 Å². The predicted molar refractivity (Wildman–Crippen MR) is 71.5 cm³/mol. The first-order valence-corrected chi connectivity index (χ1v) is 6.84. The van der Waals surface area contributed by atoms with Gasteiger partial charge in [-0.15, -0.1) is 10.2 Å². The molecule has 0 spiro atoms. The second-order valence-corrected chi connectivity index (χ2v) is 4.92. The summed E-state index contributed by atoms with van der Waals surface area (Å²) < 4.78 is 6.80. The molecule has 1 aliphatic heterocycles. The van der Waals surface area contributed by atoms with Crippen LogP contribution in [-0.2, 0) is 16.0 Å². The summed E-state index contributed by atoms with van der Waals surface area (Å²) in [6.45, 7) is 2.53. The van der Waals surface area contributed by atoms with Crippen LogP contribution in [0.25, 0.3) is 5.65 Å². The van der Waals surface area contributed by atoms with Crippen molar-refractivity contribution in [2.24, 2.45) is 0 Å². The van der Waals surface area contributed by atoms with Gasteiger partial charge in [-0.1, -0.05) is 11.6 Å². The molecule has 0 saturated carbocycles. The fourth-order valence-corrected chi connectivity index (χ4v) is 2.30. The van der Waals surface area contributed by atoms with Crippen molar-refractivity contribution in [1.82, 2.24) is 24.7 Å². The van der Waals surface area contributed by atoms with Crippen molar-refractivity contribution in [2.45, 2.75) is 12.8 Å². The summed E-state index contributed by atoms with van der Waals surface area (Å²) in [6.07, 6.45) is 0.875. The molecule has 0 aliphatic carbocycles. The molecule has 0 N–H and O–H groups in total. The Morgan fingerprint density at radius 1 is 1.30 bits per heavy atom. The molecule has 3 heterocycles. The molecule has 7 nitrogen and oxygen atoms in total. The summed E-state index contributed by atoms with van der Waals surface area (Å²) in [5.74, 6) is 0.746. The fraction of sp³-hybridized carbons (Fsp3) is 0.500. The molecule has 3 rings (SSSR count). The van der Waals surface area contributed by atoms with Crippen LogP contribution >= 0.6 is 11.6 Å². The minimum Gasteiger partial charge on any atom is -0.378 e. The molecule has 1 fully saturated rings. The third-order valence-electron chi connectivity index (χ3n) is 3.22. The first-order valence-electron chi connectivity index (χ1n) is 6.46. The van der Waals surface area contributed by atoms with Crippen molar-refractivity contribution in [3.8, 4) is 0 Å². The largest absolute Gasteiger partial charge is 0.378 e. The van der Waals surface area contributed by atoms with Crippen LogP contribution < -0.4 is 0 Å². The molecule has 2 aromatic rings. The van der Waals surface area contributed by atoms with E-state index in [9.17, 15) is 4.79 Å². The topological polar surface area (TPSA) is 72.6 Å². The lowest BCUT2D eigenvalue weighted by molar-refractivity contribution is -0.135. The number of halogens is 1. The average Bonchev–Trinajstić information content (AvgIpc) is 2.88. The Bertz CT molecular complexity index is 623. The van der Waals surface area contributed by atoms with Gasteiger partial charge in [0.1, 0.15) is 5.15 Å². The smallest absolute Gasteiger partial charge is 0.223 e. The van der Waals surface area contributed by atoms with E-state index in [1.165, 1.54) is 0 Å². The van der Waals surface area contributed by atoms with Crippen LogP contribution in [0, 0.1) is 0 Å². The van der Waals surface area contributed by atoms with E-state index in [-0.39, 0.29) is 5.91 Å². The lowest BCUT2D eigenvalue weighted by atomic mass is 10.2. The normalized spacial score (nSPS) is 15.8. The number of carbonyl (C=O) groups is 1. The second-order valence-electron chi connectivity index (χ2n) is 4.54. The van der Waals surface area contributed by atoms with Crippen molar-refractivity contribution in [1.29, 1.82) is 0 Å². The predicted octanol–water partition coefficient (Wildman–Crippen LogP) is 0.569. The van der Waals surface area contributed by atoms with Gasteiger partial charge in [0.2, 0.25) is 5.91 Å². The Kier molecular flexibility index (Phi) is 3.79. The third-order valence-corrected chi connectivity index (χ3v) is 3.42. The highest BCUT2D eigenvalue weighted by Crippen LogP contribution is 2.09. The zero-order chi connectivity index (χ0) is 13.9. The Morgan fingerprint density at radius 3 is 2.90 bits per heavy atom. The van der Waals surface area contributed by atoms with Crippen LogP contribution in [0.1, 0.15) is 12.2 Å². The monoisotopic (exact) mass is 295 g/mol. The van der Waals surface area contributed by atoms with E-state index in [0.29, 0.717) is 55.8 Å². The Hall–Kier alpha value is -1.73. The van der Waals surface area contributed by atoms with Gasteiger partial charge in [0.15, 0.2) is 11.5 Å². The molecule has 8 heteroatoms. The maximum Gasteiger partial charge on any atom is 0.223 e. The van der Waals surface area contributed by atoms with E-state index in [0.717, 1.165) is 0 Å². The number of nitrogens with zero attached hydrogens (tertiary/aromatic N) is 5. The van der Waals surface area contributed by atoms with Crippen LogP contribution in [0.3, 0.4) is 0 Å². The van der Waals surface area contributed by atoms with Gasteiger partial charge >= 0.3 is 0 Å². The number of hydrogen-bond acceptors (Lipinski definition) is 5. The van der Waals surface area contributed by atoms with Crippen molar-refractivity contribution >= 4 is 23.2 Å². The maximum absolute atomic E-state index is 12.1. The summed E-state index contributed by atoms with van der Waals surface area (Å²) >= 11 is 5.86. The lowest BCUT2D eigenvalue weighted by Crippen LogP contribution is -2.40. The minimum absolute atomic E-state index is 0.104. The second kappa shape index (κ2) is 5.72. The number of fused-ring (bicyclic) bond motifs is 1. The molecule has 0 atom stereocenters. The fourth-order valence-electron chi connectivity index (χ4n) is 2.16. The van der Waals surface area contributed by atoms with Crippen LogP contribution in [0.5, 0.6) is 0 Å². The van der Waals surface area contributed by atoms with E-state index >= 15 is 0 Å². The van der Waals surface area contributed by atoms with Gasteiger partial charge in [0.05, 0.1) is 13.2 Å². The molecule has 1 saturated heterocycles. The molecule has 106 valence electrons. The van der Waals surface area contributed by atoms with Gasteiger partial charge < -0.3 is 9.64 Å². The van der Waals surface area contributed by atoms with Crippen LogP contribution in [0.2, 0.25) is 5.15 Å². The van der Waals surface area contributed by atoms with E-state index in [1.54, 1.807) is 16.6 Å². The van der Waals surface area contributed by atoms with Crippen molar-refractivity contribution in [3.05, 3.63) is 23.1 Å². The van der Waals surface area contributed by atoms with Crippen LogP contribution in [0.15, 0.2) is 12.1 Å². The zero-order valence-corrected chi connectivity index (χ0v) is 11.6. The first kappa shape index (κ1) is 13.3. The number of ether oxygens (including phenoxy) is 1. The van der Waals surface area contributed by atoms with Crippen molar-refractivity contribution < 1.29 is 9.53 Å². The summed E-state index contributed by atoms with van der Waals surface area (Å²) in [5.41, 5.74) is 0.628. The van der Waals surface area contributed by atoms with Gasteiger partial charge in [0, 0.05) is 25.9 Å². The molecular formula is C12H14ClN5O2. The summed E-state index contributed by atoms with van der Waals surface area (Å²) in [6, 6.07) is 3.41. The van der Waals surface area contributed by atoms with Gasteiger partial charge in [-0.3, -0.25) is 4.79 Å². The number of carbonyl (C=O) groups excluding carboxylic acids is 1. The van der Waals surface area contributed by atoms with Crippen molar-refractivity contribution in [2.75, 3.05) is 26.3 Å². The Morgan fingerprint density at radius 2 is 2.10 bits per heavy atom. The van der Waals surface area contributed by atoms with Gasteiger partial charge in [0.25, 0.3) is 0 Å². The summed E-state index contributed by atoms with van der Waals surface area (Å²) in [5, 5.41) is 12.6. The summed E-state index contributed by atoms with van der Waals surface area (Å²) in [4.78, 5) is 13.9. The van der Waals surface area contributed by atoms with Crippen LogP contribution in [-0.4, -0.2) is 56.9 Å².